The molecule has 4 heterocycles. The average molecular weight is 376 g/mol. The molecule has 0 amide bonds. The van der Waals surface area contributed by atoms with Gasteiger partial charge in [-0.2, -0.15) is 4.52 Å². The minimum absolute atomic E-state index is 0.201. The minimum Gasteiger partial charge on any atom is -0.461 e. The van der Waals surface area contributed by atoms with Gasteiger partial charge in [-0.3, -0.25) is 4.57 Å². The number of nitrogens with zero attached hydrogens (tertiary/aromatic N) is 4. The molecule has 0 aliphatic rings. The molecule has 0 N–H and O–H groups in total. The van der Waals surface area contributed by atoms with Gasteiger partial charge in [0, 0.05) is 4.88 Å². The van der Waals surface area contributed by atoms with Gasteiger partial charge in [0.05, 0.1) is 18.2 Å². The van der Waals surface area contributed by atoms with E-state index >= 15 is 0 Å². The van der Waals surface area contributed by atoms with E-state index in [9.17, 15) is 4.79 Å². The molecule has 5 aromatic rings. The number of furan rings is 1. The first-order valence-corrected chi connectivity index (χ1v) is 9.42. The van der Waals surface area contributed by atoms with E-state index in [1.54, 1.807) is 34.3 Å². The van der Waals surface area contributed by atoms with Gasteiger partial charge in [-0.05, 0) is 37.1 Å². The van der Waals surface area contributed by atoms with Gasteiger partial charge in [-0.1, -0.05) is 30.3 Å². The Labute approximate surface area is 158 Å². The molecule has 0 aliphatic carbocycles. The van der Waals surface area contributed by atoms with E-state index in [1.807, 2.05) is 30.3 Å². The van der Waals surface area contributed by atoms with Crippen LogP contribution in [0.5, 0.6) is 0 Å². The molecule has 1 aromatic carbocycles. The monoisotopic (exact) mass is 376 g/mol. The van der Waals surface area contributed by atoms with Crippen LogP contribution in [0.1, 0.15) is 16.0 Å². The number of benzene rings is 1. The van der Waals surface area contributed by atoms with E-state index in [2.05, 4.69) is 23.9 Å². The Morgan fingerprint density at radius 3 is 2.67 bits per heavy atom. The molecule has 7 heteroatoms. The predicted octanol–water partition coefficient (Wildman–Crippen LogP) is 4.03. The smallest absolute Gasteiger partial charge is 0.352 e. The summed E-state index contributed by atoms with van der Waals surface area (Å²) >= 11 is 1.62. The van der Waals surface area contributed by atoms with Gasteiger partial charge in [0.25, 0.3) is 0 Å². The van der Waals surface area contributed by atoms with Crippen LogP contribution in [0.2, 0.25) is 0 Å². The molecule has 0 radical (unpaired) electrons. The summed E-state index contributed by atoms with van der Waals surface area (Å²) in [6, 6.07) is 13.5. The normalized spacial score (nSPS) is 11.6. The van der Waals surface area contributed by atoms with Crippen LogP contribution in [0, 0.1) is 13.8 Å². The summed E-state index contributed by atoms with van der Waals surface area (Å²) in [5.74, 6) is 0.963. The first kappa shape index (κ1) is 16.0. The van der Waals surface area contributed by atoms with Crippen LogP contribution in [0.4, 0.5) is 0 Å². The fourth-order valence-electron chi connectivity index (χ4n) is 3.29. The molecule has 0 bridgehead atoms. The highest BCUT2D eigenvalue weighted by atomic mass is 32.1. The van der Waals surface area contributed by atoms with Crippen molar-refractivity contribution >= 4 is 27.2 Å². The molecule has 134 valence electrons. The van der Waals surface area contributed by atoms with Crippen LogP contribution in [0.15, 0.2) is 57.9 Å². The molecule has 0 fully saturated rings. The Kier molecular flexibility index (Phi) is 3.51. The molecule has 0 saturated heterocycles. The number of aryl methyl sites for hydroxylation is 2. The third-order valence-corrected chi connectivity index (χ3v) is 6.01. The number of hydrogen-bond acceptors (Lipinski definition) is 5. The minimum atomic E-state index is -0.201. The third kappa shape index (κ3) is 2.43. The zero-order valence-electron chi connectivity index (χ0n) is 14.8. The van der Waals surface area contributed by atoms with E-state index in [-0.39, 0.29) is 5.69 Å². The Hall–Kier alpha value is -3.19. The summed E-state index contributed by atoms with van der Waals surface area (Å²) in [5, 5.41) is 5.41. The molecule has 27 heavy (non-hydrogen) atoms. The number of hydrogen-bond donors (Lipinski definition) is 0. The lowest BCUT2D eigenvalue weighted by Crippen LogP contribution is -2.27. The molecular weight excluding hydrogens is 360 g/mol. The largest absolute Gasteiger partial charge is 0.461 e. The lowest BCUT2D eigenvalue weighted by molar-refractivity contribution is 0.576. The average Bonchev–Trinajstić information content (AvgIpc) is 3.39. The maximum atomic E-state index is 13.2. The standard InChI is InChI=1S/C20H16N4O2S/c1-12-13(2)27-19-16(12)18-21-17(15-9-6-10-26-15)22-24(18)20(25)23(19)11-14-7-4-3-5-8-14/h3-10H,11H2,1-2H3. The molecule has 0 spiro atoms. The van der Waals surface area contributed by atoms with Gasteiger partial charge in [0.1, 0.15) is 4.83 Å². The molecule has 4 aromatic heterocycles. The second-order valence-electron chi connectivity index (χ2n) is 6.47. The number of thiophene rings is 1. The lowest BCUT2D eigenvalue weighted by Gasteiger charge is -2.08. The highest BCUT2D eigenvalue weighted by Gasteiger charge is 2.21. The van der Waals surface area contributed by atoms with Crippen molar-refractivity contribution in [2.45, 2.75) is 20.4 Å². The molecule has 6 nitrogen and oxygen atoms in total. The van der Waals surface area contributed by atoms with E-state index in [4.69, 9.17) is 4.42 Å². The zero-order chi connectivity index (χ0) is 18.5. The van der Waals surface area contributed by atoms with Crippen LogP contribution >= 0.6 is 11.3 Å². The number of rotatable bonds is 3. The van der Waals surface area contributed by atoms with Gasteiger partial charge >= 0.3 is 5.69 Å². The molecular formula is C20H16N4O2S. The van der Waals surface area contributed by atoms with Gasteiger partial charge in [0.2, 0.25) is 5.82 Å². The van der Waals surface area contributed by atoms with Crippen molar-refractivity contribution in [3.8, 4) is 11.6 Å². The van der Waals surface area contributed by atoms with E-state index in [0.29, 0.717) is 23.8 Å². The summed E-state index contributed by atoms with van der Waals surface area (Å²) in [7, 11) is 0. The second-order valence-corrected chi connectivity index (χ2v) is 7.67. The zero-order valence-corrected chi connectivity index (χ0v) is 15.7. The quantitative estimate of drug-likeness (QED) is 0.477. The van der Waals surface area contributed by atoms with Crippen LogP contribution in [-0.2, 0) is 6.54 Å². The highest BCUT2D eigenvalue weighted by Crippen LogP contribution is 2.32. The van der Waals surface area contributed by atoms with Gasteiger partial charge in [-0.25, -0.2) is 9.78 Å². The van der Waals surface area contributed by atoms with Crippen LogP contribution < -0.4 is 5.69 Å². The van der Waals surface area contributed by atoms with Crippen molar-refractivity contribution < 1.29 is 4.42 Å². The topological polar surface area (TPSA) is 65.3 Å². The second kappa shape index (κ2) is 5.92. The summed E-state index contributed by atoms with van der Waals surface area (Å²) in [4.78, 5) is 20.0. The Morgan fingerprint density at radius 1 is 1.11 bits per heavy atom. The Bertz CT molecular complexity index is 1330. The Balaban J connectivity index is 1.85. The maximum absolute atomic E-state index is 13.2. The molecule has 0 unspecified atom stereocenters. The van der Waals surface area contributed by atoms with E-state index in [1.165, 1.54) is 9.39 Å². The number of aromatic nitrogens is 4. The lowest BCUT2D eigenvalue weighted by atomic mass is 10.2. The summed E-state index contributed by atoms with van der Waals surface area (Å²) in [6.07, 6.45) is 1.57. The van der Waals surface area contributed by atoms with Crippen LogP contribution in [0.3, 0.4) is 0 Å². The van der Waals surface area contributed by atoms with Crippen molar-refractivity contribution in [3.05, 3.63) is 75.2 Å². The maximum Gasteiger partial charge on any atom is 0.352 e. The fraction of sp³-hybridized carbons (Fsp3) is 0.150. The first-order chi connectivity index (χ1) is 13.1. The van der Waals surface area contributed by atoms with E-state index in [0.717, 1.165) is 21.3 Å². The molecule has 0 aliphatic heterocycles. The van der Waals surface area contributed by atoms with Crippen molar-refractivity contribution in [3.63, 3.8) is 0 Å². The SMILES string of the molecule is Cc1sc2c(c1C)c1nc(-c3ccco3)nn1c(=O)n2Cc1ccccc1. The van der Waals surface area contributed by atoms with Crippen molar-refractivity contribution in [1.82, 2.24) is 19.2 Å². The first-order valence-electron chi connectivity index (χ1n) is 8.60. The van der Waals surface area contributed by atoms with Gasteiger partial charge < -0.3 is 4.42 Å². The van der Waals surface area contributed by atoms with Crippen LogP contribution in [-0.4, -0.2) is 19.2 Å². The molecule has 0 saturated carbocycles. The van der Waals surface area contributed by atoms with Crippen LogP contribution in [0.25, 0.3) is 27.4 Å². The highest BCUT2D eigenvalue weighted by molar-refractivity contribution is 7.19. The Morgan fingerprint density at radius 2 is 1.93 bits per heavy atom. The van der Waals surface area contributed by atoms with Crippen molar-refractivity contribution in [2.24, 2.45) is 0 Å². The fourth-order valence-corrected chi connectivity index (χ4v) is 4.43. The summed E-state index contributed by atoms with van der Waals surface area (Å²) in [5.41, 5.74) is 2.57. The van der Waals surface area contributed by atoms with Gasteiger partial charge in [0.15, 0.2) is 11.4 Å². The van der Waals surface area contributed by atoms with Gasteiger partial charge in [-0.15, -0.1) is 16.4 Å². The summed E-state index contributed by atoms with van der Waals surface area (Å²) < 4.78 is 8.59. The van der Waals surface area contributed by atoms with Crippen molar-refractivity contribution in [2.75, 3.05) is 0 Å². The molecule has 5 rings (SSSR count). The summed E-state index contributed by atoms with van der Waals surface area (Å²) in [6.45, 7) is 4.62. The number of fused-ring (bicyclic) bond motifs is 3. The third-order valence-electron chi connectivity index (χ3n) is 4.78. The van der Waals surface area contributed by atoms with Crippen molar-refractivity contribution in [1.29, 1.82) is 0 Å². The van der Waals surface area contributed by atoms with E-state index < -0.39 is 0 Å². The molecule has 0 atom stereocenters. The predicted molar refractivity (Wildman–Crippen MR) is 105 cm³/mol.